The summed E-state index contributed by atoms with van der Waals surface area (Å²) in [4.78, 5) is 1.25. The van der Waals surface area contributed by atoms with Crippen molar-refractivity contribution in [3.8, 4) is 0 Å². The fraction of sp³-hybridized carbons (Fsp3) is 0.429. The molecule has 0 aromatic carbocycles. The molecule has 1 heterocycles. The van der Waals surface area contributed by atoms with E-state index in [1.807, 2.05) is 17.5 Å². The highest BCUT2D eigenvalue weighted by molar-refractivity contribution is 7.09. The number of thiophene rings is 1. The Balaban J connectivity index is 2.48. The van der Waals surface area contributed by atoms with Crippen molar-refractivity contribution in [1.29, 1.82) is 0 Å². The number of hydrogen-bond acceptors (Lipinski definition) is 2. The van der Waals surface area contributed by atoms with Crippen LogP contribution in [0.15, 0.2) is 17.5 Å². The highest BCUT2D eigenvalue weighted by Gasteiger charge is 1.97. The zero-order valence-corrected chi connectivity index (χ0v) is 6.19. The summed E-state index contributed by atoms with van der Waals surface area (Å²) >= 11 is 1.69. The third-order valence-corrected chi connectivity index (χ3v) is 1.98. The molecule has 0 amide bonds. The minimum Gasteiger partial charge on any atom is -0.393 e. The standard InChI is InChI=1S/C7H10OS/c1-6(8)5-7-3-2-4-9-7/h2-4,6,8H,5H2,1H3/t6-/m1/s1. The van der Waals surface area contributed by atoms with Crippen LogP contribution < -0.4 is 0 Å². The summed E-state index contributed by atoms with van der Waals surface area (Å²) in [5.74, 6) is 0. The van der Waals surface area contributed by atoms with E-state index in [0.29, 0.717) is 0 Å². The van der Waals surface area contributed by atoms with Gasteiger partial charge in [-0.05, 0) is 18.4 Å². The van der Waals surface area contributed by atoms with Crippen molar-refractivity contribution in [1.82, 2.24) is 0 Å². The summed E-state index contributed by atoms with van der Waals surface area (Å²) in [5.41, 5.74) is 0. The average molecular weight is 142 g/mol. The van der Waals surface area contributed by atoms with Crippen LogP contribution >= 0.6 is 11.3 Å². The van der Waals surface area contributed by atoms with E-state index in [-0.39, 0.29) is 6.10 Å². The van der Waals surface area contributed by atoms with Gasteiger partial charge in [-0.1, -0.05) is 6.07 Å². The van der Waals surface area contributed by atoms with E-state index in [2.05, 4.69) is 0 Å². The van der Waals surface area contributed by atoms with Gasteiger partial charge in [-0.25, -0.2) is 0 Å². The zero-order valence-electron chi connectivity index (χ0n) is 5.37. The maximum atomic E-state index is 8.93. The third-order valence-electron chi connectivity index (χ3n) is 1.08. The van der Waals surface area contributed by atoms with Gasteiger partial charge in [-0.3, -0.25) is 0 Å². The van der Waals surface area contributed by atoms with Crippen LogP contribution in [0, 0.1) is 0 Å². The van der Waals surface area contributed by atoms with E-state index in [0.717, 1.165) is 6.42 Å². The van der Waals surface area contributed by atoms with Crippen LogP contribution in [0.2, 0.25) is 0 Å². The largest absolute Gasteiger partial charge is 0.393 e. The molecule has 0 aliphatic carbocycles. The monoisotopic (exact) mass is 142 g/mol. The molecule has 0 aliphatic heterocycles. The molecule has 0 unspecified atom stereocenters. The van der Waals surface area contributed by atoms with Gasteiger partial charge < -0.3 is 5.11 Å². The Hall–Kier alpha value is -0.340. The second kappa shape index (κ2) is 2.99. The molecule has 0 saturated carbocycles. The molecule has 0 spiro atoms. The van der Waals surface area contributed by atoms with E-state index < -0.39 is 0 Å². The highest BCUT2D eigenvalue weighted by atomic mass is 32.1. The molecule has 0 aliphatic rings. The van der Waals surface area contributed by atoms with Crippen molar-refractivity contribution in [2.75, 3.05) is 0 Å². The summed E-state index contributed by atoms with van der Waals surface area (Å²) in [6, 6.07) is 4.04. The molecule has 1 aromatic heterocycles. The number of hydrogen-bond donors (Lipinski definition) is 1. The first kappa shape index (κ1) is 6.78. The summed E-state index contributed by atoms with van der Waals surface area (Å²) in [5, 5.41) is 11.0. The fourth-order valence-electron chi connectivity index (χ4n) is 0.720. The number of aliphatic hydroxyl groups is 1. The average Bonchev–Trinajstić information content (AvgIpc) is 2.15. The van der Waals surface area contributed by atoms with Crippen LogP contribution in [0.4, 0.5) is 0 Å². The third kappa shape index (κ3) is 2.16. The molecule has 1 atom stereocenters. The van der Waals surface area contributed by atoms with Crippen LogP contribution in [0.5, 0.6) is 0 Å². The minimum atomic E-state index is -0.205. The highest BCUT2D eigenvalue weighted by Crippen LogP contribution is 2.10. The van der Waals surface area contributed by atoms with Gasteiger partial charge in [0.1, 0.15) is 0 Å². The van der Waals surface area contributed by atoms with Gasteiger partial charge in [-0.15, -0.1) is 11.3 Å². The lowest BCUT2D eigenvalue weighted by Crippen LogP contribution is -2.01. The molecule has 1 aromatic rings. The predicted molar refractivity (Wildman–Crippen MR) is 39.7 cm³/mol. The maximum Gasteiger partial charge on any atom is 0.0560 e. The fourth-order valence-corrected chi connectivity index (χ4v) is 1.55. The molecule has 1 rings (SSSR count). The van der Waals surface area contributed by atoms with Gasteiger partial charge in [-0.2, -0.15) is 0 Å². The lowest BCUT2D eigenvalue weighted by molar-refractivity contribution is 0.196. The Kier molecular flexibility index (Phi) is 2.25. The SMILES string of the molecule is C[C@@H](O)Cc1cccs1. The van der Waals surface area contributed by atoms with Crippen molar-refractivity contribution in [3.63, 3.8) is 0 Å². The van der Waals surface area contributed by atoms with Crippen LogP contribution in [0.3, 0.4) is 0 Å². The molecule has 50 valence electrons. The van der Waals surface area contributed by atoms with Crippen molar-refractivity contribution in [3.05, 3.63) is 22.4 Å². The Morgan fingerprint density at radius 1 is 1.78 bits per heavy atom. The summed E-state index contributed by atoms with van der Waals surface area (Å²) in [7, 11) is 0. The van der Waals surface area contributed by atoms with Crippen molar-refractivity contribution >= 4 is 11.3 Å². The Bertz CT molecular complexity index is 155. The second-order valence-electron chi connectivity index (χ2n) is 2.13. The Labute approximate surface area is 59.0 Å². The summed E-state index contributed by atoms with van der Waals surface area (Å²) in [6.07, 6.45) is 0.584. The maximum absolute atomic E-state index is 8.93. The quantitative estimate of drug-likeness (QED) is 0.666. The topological polar surface area (TPSA) is 20.2 Å². The van der Waals surface area contributed by atoms with E-state index in [1.165, 1.54) is 4.88 Å². The first-order valence-electron chi connectivity index (χ1n) is 2.99. The number of aliphatic hydroxyl groups excluding tert-OH is 1. The van der Waals surface area contributed by atoms with Gasteiger partial charge >= 0.3 is 0 Å². The molecule has 0 saturated heterocycles. The van der Waals surface area contributed by atoms with Gasteiger partial charge in [0.05, 0.1) is 6.10 Å². The molecular formula is C7H10OS. The van der Waals surface area contributed by atoms with Crippen molar-refractivity contribution in [2.24, 2.45) is 0 Å². The summed E-state index contributed by atoms with van der Waals surface area (Å²) in [6.45, 7) is 1.81. The van der Waals surface area contributed by atoms with Crippen LogP contribution in [0.25, 0.3) is 0 Å². The van der Waals surface area contributed by atoms with E-state index in [1.54, 1.807) is 18.3 Å². The molecular weight excluding hydrogens is 132 g/mol. The molecule has 0 radical (unpaired) electrons. The molecule has 0 fully saturated rings. The molecule has 1 nitrogen and oxygen atoms in total. The molecule has 1 N–H and O–H groups in total. The lowest BCUT2D eigenvalue weighted by Gasteiger charge is -1.98. The second-order valence-corrected chi connectivity index (χ2v) is 3.16. The van der Waals surface area contributed by atoms with Gasteiger partial charge in [0.15, 0.2) is 0 Å². The first-order chi connectivity index (χ1) is 4.29. The predicted octanol–water partition coefficient (Wildman–Crippen LogP) is 1.67. The van der Waals surface area contributed by atoms with Gasteiger partial charge in [0, 0.05) is 11.3 Å². The van der Waals surface area contributed by atoms with Crippen LogP contribution in [-0.4, -0.2) is 11.2 Å². The summed E-state index contributed by atoms with van der Waals surface area (Å²) < 4.78 is 0. The smallest absolute Gasteiger partial charge is 0.0560 e. The molecule has 9 heavy (non-hydrogen) atoms. The molecule has 2 heteroatoms. The van der Waals surface area contributed by atoms with Crippen molar-refractivity contribution in [2.45, 2.75) is 19.4 Å². The Morgan fingerprint density at radius 3 is 3.00 bits per heavy atom. The van der Waals surface area contributed by atoms with E-state index in [9.17, 15) is 0 Å². The lowest BCUT2D eigenvalue weighted by atomic mass is 10.2. The van der Waals surface area contributed by atoms with Crippen LogP contribution in [-0.2, 0) is 6.42 Å². The Morgan fingerprint density at radius 2 is 2.56 bits per heavy atom. The van der Waals surface area contributed by atoms with E-state index >= 15 is 0 Å². The van der Waals surface area contributed by atoms with Crippen molar-refractivity contribution < 1.29 is 5.11 Å². The van der Waals surface area contributed by atoms with E-state index in [4.69, 9.17) is 5.11 Å². The van der Waals surface area contributed by atoms with Gasteiger partial charge in [0.2, 0.25) is 0 Å². The van der Waals surface area contributed by atoms with Crippen LogP contribution in [0.1, 0.15) is 11.8 Å². The first-order valence-corrected chi connectivity index (χ1v) is 3.87. The zero-order chi connectivity index (χ0) is 6.69. The number of rotatable bonds is 2. The van der Waals surface area contributed by atoms with Gasteiger partial charge in [0.25, 0.3) is 0 Å². The minimum absolute atomic E-state index is 0.205. The molecule has 0 bridgehead atoms. The normalized spacial score (nSPS) is 13.6.